The van der Waals surface area contributed by atoms with Gasteiger partial charge in [0.05, 0.1) is 0 Å². The molecule has 156 valence electrons. The van der Waals surface area contributed by atoms with Crippen LogP contribution in [0.3, 0.4) is 0 Å². The first-order valence-corrected chi connectivity index (χ1v) is 9.79. The van der Waals surface area contributed by atoms with Crippen molar-refractivity contribution < 1.29 is 19.2 Å². The summed E-state index contributed by atoms with van der Waals surface area (Å²) in [6, 6.07) is 14.8. The first kappa shape index (κ1) is 21.0. The summed E-state index contributed by atoms with van der Waals surface area (Å²) in [5.74, 6) is -1.17. The summed E-state index contributed by atoms with van der Waals surface area (Å²) in [4.78, 5) is 50.4. The van der Waals surface area contributed by atoms with Crippen LogP contribution in [0.1, 0.15) is 37.0 Å². The second-order valence-corrected chi connectivity index (χ2v) is 7.06. The number of rotatable bonds is 7. The van der Waals surface area contributed by atoms with Crippen molar-refractivity contribution in [2.45, 2.75) is 32.2 Å². The van der Waals surface area contributed by atoms with E-state index in [9.17, 15) is 19.2 Å². The number of carbonyl (C=O) groups is 4. The van der Waals surface area contributed by atoms with Gasteiger partial charge in [0.1, 0.15) is 12.1 Å². The molecule has 1 saturated heterocycles. The number of carbonyl (C=O) groups excluding carboxylic acids is 4. The molecule has 2 aromatic carbocycles. The highest BCUT2D eigenvalue weighted by Crippen LogP contribution is 2.25. The minimum Gasteiger partial charge on any atom is -0.324 e. The monoisotopic (exact) mass is 408 g/mol. The number of nitrogens with one attached hydrogen (secondary N) is 3. The fourth-order valence-corrected chi connectivity index (χ4v) is 3.36. The molecule has 1 fully saturated rings. The van der Waals surface area contributed by atoms with Crippen LogP contribution < -0.4 is 16.0 Å². The van der Waals surface area contributed by atoms with Gasteiger partial charge in [-0.25, -0.2) is 4.79 Å². The number of urea groups is 1. The molecule has 0 aromatic heterocycles. The Morgan fingerprint density at radius 2 is 1.57 bits per heavy atom. The van der Waals surface area contributed by atoms with Crippen molar-refractivity contribution >= 4 is 35.1 Å². The minimum absolute atomic E-state index is 0.270. The third-order valence-corrected chi connectivity index (χ3v) is 5.19. The fourth-order valence-electron chi connectivity index (χ4n) is 3.36. The molecule has 2 aromatic rings. The van der Waals surface area contributed by atoms with Crippen LogP contribution in [0.5, 0.6) is 0 Å². The Morgan fingerprint density at radius 1 is 0.933 bits per heavy atom. The third kappa shape index (κ3) is 4.32. The average molecular weight is 408 g/mol. The van der Waals surface area contributed by atoms with Crippen LogP contribution in [0.25, 0.3) is 0 Å². The van der Waals surface area contributed by atoms with Crippen LogP contribution in [-0.4, -0.2) is 40.7 Å². The van der Waals surface area contributed by atoms with E-state index in [1.807, 2.05) is 19.9 Å². The maximum atomic E-state index is 12.6. The molecule has 0 saturated carbocycles. The van der Waals surface area contributed by atoms with Crippen molar-refractivity contribution in [3.8, 4) is 0 Å². The highest BCUT2D eigenvalue weighted by molar-refractivity contribution is 6.10. The lowest BCUT2D eigenvalue weighted by Gasteiger charge is -2.23. The summed E-state index contributed by atoms with van der Waals surface area (Å²) in [6.45, 7) is 3.26. The van der Waals surface area contributed by atoms with Crippen LogP contribution in [0, 0.1) is 0 Å². The molecular weight excluding hydrogens is 384 g/mol. The summed E-state index contributed by atoms with van der Waals surface area (Å²) in [7, 11) is 0. The van der Waals surface area contributed by atoms with E-state index in [0.29, 0.717) is 29.8 Å². The van der Waals surface area contributed by atoms with Crippen LogP contribution in [-0.2, 0) is 9.59 Å². The molecule has 0 spiro atoms. The van der Waals surface area contributed by atoms with Crippen LogP contribution in [0.4, 0.5) is 16.2 Å². The third-order valence-electron chi connectivity index (χ3n) is 5.19. The molecule has 8 nitrogen and oxygen atoms in total. The number of hydrogen-bond acceptors (Lipinski definition) is 4. The van der Waals surface area contributed by atoms with E-state index >= 15 is 0 Å². The van der Waals surface area contributed by atoms with E-state index < -0.39 is 23.4 Å². The molecule has 8 heteroatoms. The largest absolute Gasteiger partial charge is 0.325 e. The zero-order valence-corrected chi connectivity index (χ0v) is 16.9. The summed E-state index contributed by atoms with van der Waals surface area (Å²) < 4.78 is 0. The molecule has 0 aliphatic carbocycles. The molecule has 0 atom stereocenters. The second kappa shape index (κ2) is 8.77. The number of hydrogen-bond donors (Lipinski definition) is 3. The van der Waals surface area contributed by atoms with Gasteiger partial charge in [0.25, 0.3) is 11.8 Å². The zero-order valence-electron chi connectivity index (χ0n) is 16.9. The van der Waals surface area contributed by atoms with Crippen LogP contribution in [0.2, 0.25) is 0 Å². The van der Waals surface area contributed by atoms with Gasteiger partial charge in [-0.15, -0.1) is 0 Å². The summed E-state index contributed by atoms with van der Waals surface area (Å²) in [5, 5.41) is 8.12. The Bertz CT molecular complexity index is 970. The van der Waals surface area contributed by atoms with E-state index in [1.54, 1.807) is 48.5 Å². The number of benzene rings is 2. The fraction of sp³-hybridized carbons (Fsp3) is 0.273. The lowest BCUT2D eigenvalue weighted by Crippen LogP contribution is -2.46. The van der Waals surface area contributed by atoms with E-state index in [0.717, 1.165) is 4.90 Å². The molecule has 1 aliphatic rings. The summed E-state index contributed by atoms with van der Waals surface area (Å²) in [5.41, 5.74) is 0.516. The van der Waals surface area contributed by atoms with Crippen LogP contribution in [0.15, 0.2) is 54.6 Å². The van der Waals surface area contributed by atoms with E-state index in [1.165, 1.54) is 0 Å². The van der Waals surface area contributed by atoms with Crippen molar-refractivity contribution in [1.82, 2.24) is 10.2 Å². The van der Waals surface area contributed by atoms with Gasteiger partial charge in [-0.1, -0.05) is 38.1 Å². The number of nitrogens with zero attached hydrogens (tertiary/aromatic N) is 1. The van der Waals surface area contributed by atoms with Crippen molar-refractivity contribution in [1.29, 1.82) is 0 Å². The second-order valence-electron chi connectivity index (χ2n) is 7.06. The van der Waals surface area contributed by atoms with Crippen LogP contribution >= 0.6 is 0 Å². The SMILES string of the molecule is CCC1(CC)NC(=O)N(CC(=O)Nc2cccc(NC(=O)c3ccccc3)c2)C1=O. The van der Waals surface area contributed by atoms with Gasteiger partial charge >= 0.3 is 6.03 Å². The van der Waals surface area contributed by atoms with E-state index in [2.05, 4.69) is 16.0 Å². The molecule has 0 unspecified atom stereocenters. The van der Waals surface area contributed by atoms with Gasteiger partial charge in [0.15, 0.2) is 0 Å². The van der Waals surface area contributed by atoms with E-state index in [-0.39, 0.29) is 12.5 Å². The molecule has 1 aliphatic heterocycles. The van der Waals surface area contributed by atoms with Gasteiger partial charge < -0.3 is 16.0 Å². The molecule has 0 radical (unpaired) electrons. The molecule has 3 rings (SSSR count). The average Bonchev–Trinajstić information content (AvgIpc) is 2.99. The summed E-state index contributed by atoms with van der Waals surface area (Å²) >= 11 is 0. The van der Waals surface area contributed by atoms with Crippen molar-refractivity contribution in [2.75, 3.05) is 17.2 Å². The van der Waals surface area contributed by atoms with Crippen molar-refractivity contribution in [3.63, 3.8) is 0 Å². The smallest absolute Gasteiger partial charge is 0.324 e. The highest BCUT2D eigenvalue weighted by Gasteiger charge is 2.49. The number of imide groups is 1. The molecule has 3 N–H and O–H groups in total. The van der Waals surface area contributed by atoms with Gasteiger partial charge in [0, 0.05) is 16.9 Å². The molecule has 1 heterocycles. The normalized spacial score (nSPS) is 14.9. The quantitative estimate of drug-likeness (QED) is 0.612. The number of anilines is 2. The predicted molar refractivity (Wildman–Crippen MR) is 113 cm³/mol. The maximum Gasteiger partial charge on any atom is 0.325 e. The van der Waals surface area contributed by atoms with Gasteiger partial charge in [-0.3, -0.25) is 19.3 Å². The lowest BCUT2D eigenvalue weighted by atomic mass is 9.93. The molecule has 0 bridgehead atoms. The maximum absolute atomic E-state index is 12.6. The van der Waals surface area contributed by atoms with Gasteiger partial charge in [0.2, 0.25) is 5.91 Å². The topological polar surface area (TPSA) is 108 Å². The van der Waals surface area contributed by atoms with Gasteiger partial charge in [-0.05, 0) is 43.2 Å². The highest BCUT2D eigenvalue weighted by atomic mass is 16.2. The van der Waals surface area contributed by atoms with Crippen molar-refractivity contribution in [3.05, 3.63) is 60.2 Å². The Morgan fingerprint density at radius 3 is 2.17 bits per heavy atom. The predicted octanol–water partition coefficient (Wildman–Crippen LogP) is 2.99. The minimum atomic E-state index is -0.945. The van der Waals surface area contributed by atoms with E-state index in [4.69, 9.17) is 0 Å². The standard InChI is InChI=1S/C22H24N4O4/c1-3-22(4-2)20(29)26(21(30)25-22)14-18(27)23-16-11-8-12-17(13-16)24-19(28)15-9-6-5-7-10-15/h5-13H,3-4,14H2,1-2H3,(H,23,27)(H,24,28)(H,25,30). The lowest BCUT2D eigenvalue weighted by molar-refractivity contribution is -0.134. The number of amides is 5. The first-order chi connectivity index (χ1) is 14.4. The Labute approximate surface area is 174 Å². The first-order valence-electron chi connectivity index (χ1n) is 9.79. The van der Waals surface area contributed by atoms with Crippen molar-refractivity contribution in [2.24, 2.45) is 0 Å². The molecule has 30 heavy (non-hydrogen) atoms. The summed E-state index contributed by atoms with van der Waals surface area (Å²) in [6.07, 6.45) is 0.907. The Hall–Kier alpha value is -3.68. The Kier molecular flexibility index (Phi) is 6.15. The Balaban J connectivity index is 1.64. The zero-order chi connectivity index (χ0) is 21.7. The molecular formula is C22H24N4O4. The molecule has 5 amide bonds. The van der Waals surface area contributed by atoms with Gasteiger partial charge in [-0.2, -0.15) is 0 Å².